The van der Waals surface area contributed by atoms with Crippen molar-refractivity contribution >= 4 is 5.97 Å². The number of hydrogen-bond acceptors (Lipinski definition) is 4. The minimum atomic E-state index is -0.869. The molecule has 0 aromatic carbocycles. The van der Waals surface area contributed by atoms with Gasteiger partial charge in [-0.2, -0.15) is 0 Å². The fourth-order valence-corrected chi connectivity index (χ4v) is 2.06. The van der Waals surface area contributed by atoms with Crippen LogP contribution < -0.4 is 0 Å². The Labute approximate surface area is 96.0 Å². The number of carboxylic acid groups (broad SMARTS) is 1. The maximum Gasteiger partial charge on any atom is 0.332 e. The Bertz CT molecular complexity index is 216. The van der Waals surface area contributed by atoms with Crippen LogP contribution in [0.5, 0.6) is 0 Å². The van der Waals surface area contributed by atoms with Crippen LogP contribution in [0.15, 0.2) is 0 Å². The second kappa shape index (κ2) is 6.83. The first-order chi connectivity index (χ1) is 7.67. The van der Waals surface area contributed by atoms with Crippen LogP contribution in [0.4, 0.5) is 0 Å². The van der Waals surface area contributed by atoms with Crippen LogP contribution >= 0.6 is 0 Å². The summed E-state index contributed by atoms with van der Waals surface area (Å²) >= 11 is 0. The molecule has 0 aromatic heterocycles. The summed E-state index contributed by atoms with van der Waals surface area (Å²) in [4.78, 5) is 12.8. The predicted molar refractivity (Wildman–Crippen MR) is 59.3 cm³/mol. The molecule has 94 valence electrons. The van der Waals surface area contributed by atoms with Gasteiger partial charge in [0.25, 0.3) is 0 Å². The van der Waals surface area contributed by atoms with E-state index in [0.717, 1.165) is 25.9 Å². The summed E-state index contributed by atoms with van der Waals surface area (Å²) in [5.74, 6) is -0.869. The largest absolute Gasteiger partial charge is 0.479 e. The summed E-state index contributed by atoms with van der Waals surface area (Å²) < 4.78 is 5.42. The van der Waals surface area contributed by atoms with Crippen molar-refractivity contribution in [2.45, 2.75) is 38.4 Å². The SMILES string of the molecule is CCCN(CCO)CC1CCC(C(=O)O)O1. The van der Waals surface area contributed by atoms with Gasteiger partial charge in [0.1, 0.15) is 0 Å². The van der Waals surface area contributed by atoms with Crippen LogP contribution in [0.1, 0.15) is 26.2 Å². The molecule has 2 N–H and O–H groups in total. The van der Waals surface area contributed by atoms with Gasteiger partial charge in [-0.05, 0) is 25.8 Å². The van der Waals surface area contributed by atoms with E-state index in [9.17, 15) is 4.79 Å². The van der Waals surface area contributed by atoms with Crippen LogP contribution in [-0.4, -0.2) is 59.5 Å². The number of aliphatic hydroxyl groups is 1. The molecule has 0 bridgehead atoms. The zero-order chi connectivity index (χ0) is 12.0. The highest BCUT2D eigenvalue weighted by atomic mass is 16.5. The second-order valence-corrected chi connectivity index (χ2v) is 4.19. The lowest BCUT2D eigenvalue weighted by molar-refractivity contribution is -0.149. The van der Waals surface area contributed by atoms with Gasteiger partial charge in [0.2, 0.25) is 0 Å². The molecule has 5 nitrogen and oxygen atoms in total. The molecule has 0 spiro atoms. The van der Waals surface area contributed by atoms with Gasteiger partial charge in [-0.25, -0.2) is 4.79 Å². The molecule has 0 radical (unpaired) electrons. The van der Waals surface area contributed by atoms with Crippen LogP contribution in [0.25, 0.3) is 0 Å². The topological polar surface area (TPSA) is 70.0 Å². The minimum absolute atomic E-state index is 0.000741. The Balaban J connectivity index is 2.32. The van der Waals surface area contributed by atoms with Crippen LogP contribution in [0, 0.1) is 0 Å². The first kappa shape index (κ1) is 13.4. The second-order valence-electron chi connectivity index (χ2n) is 4.19. The maximum absolute atomic E-state index is 10.7. The molecule has 0 aromatic rings. The van der Waals surface area contributed by atoms with E-state index in [1.54, 1.807) is 0 Å². The lowest BCUT2D eigenvalue weighted by atomic mass is 10.2. The Morgan fingerprint density at radius 2 is 2.19 bits per heavy atom. The molecular weight excluding hydrogens is 210 g/mol. The summed E-state index contributed by atoms with van der Waals surface area (Å²) in [6.07, 6.45) is 1.78. The molecule has 1 aliphatic rings. The zero-order valence-electron chi connectivity index (χ0n) is 9.76. The van der Waals surface area contributed by atoms with Crippen molar-refractivity contribution in [3.8, 4) is 0 Å². The van der Waals surface area contributed by atoms with Crippen molar-refractivity contribution < 1.29 is 19.7 Å². The fourth-order valence-electron chi connectivity index (χ4n) is 2.06. The van der Waals surface area contributed by atoms with E-state index in [2.05, 4.69) is 11.8 Å². The number of aliphatic hydroxyl groups excluding tert-OH is 1. The van der Waals surface area contributed by atoms with Gasteiger partial charge >= 0.3 is 5.97 Å². The van der Waals surface area contributed by atoms with E-state index in [4.69, 9.17) is 14.9 Å². The summed E-state index contributed by atoms with van der Waals surface area (Å²) in [6, 6.07) is 0. The molecule has 16 heavy (non-hydrogen) atoms. The van der Waals surface area contributed by atoms with Crippen molar-refractivity contribution in [2.24, 2.45) is 0 Å². The number of carboxylic acids is 1. The number of aliphatic carboxylic acids is 1. The van der Waals surface area contributed by atoms with E-state index < -0.39 is 12.1 Å². The van der Waals surface area contributed by atoms with Crippen LogP contribution in [-0.2, 0) is 9.53 Å². The average molecular weight is 231 g/mol. The van der Waals surface area contributed by atoms with E-state index in [-0.39, 0.29) is 12.7 Å². The number of hydrogen-bond donors (Lipinski definition) is 2. The van der Waals surface area contributed by atoms with Crippen molar-refractivity contribution in [3.63, 3.8) is 0 Å². The van der Waals surface area contributed by atoms with Crippen molar-refractivity contribution in [2.75, 3.05) is 26.2 Å². The normalized spacial score (nSPS) is 25.2. The number of nitrogens with zero attached hydrogens (tertiary/aromatic N) is 1. The molecule has 1 heterocycles. The van der Waals surface area contributed by atoms with E-state index >= 15 is 0 Å². The standard InChI is InChI=1S/C11H21NO4/c1-2-5-12(6-7-13)8-9-3-4-10(16-9)11(14)15/h9-10,13H,2-8H2,1H3,(H,14,15). The first-order valence-electron chi connectivity index (χ1n) is 5.88. The van der Waals surface area contributed by atoms with Crippen molar-refractivity contribution in [1.29, 1.82) is 0 Å². The number of carbonyl (C=O) groups is 1. The Morgan fingerprint density at radius 3 is 2.69 bits per heavy atom. The average Bonchev–Trinajstić information content (AvgIpc) is 2.67. The van der Waals surface area contributed by atoms with Gasteiger partial charge in [-0.15, -0.1) is 0 Å². The quantitative estimate of drug-likeness (QED) is 0.660. The third-order valence-corrected chi connectivity index (χ3v) is 2.80. The molecule has 0 saturated carbocycles. The highest BCUT2D eigenvalue weighted by Gasteiger charge is 2.31. The molecule has 2 unspecified atom stereocenters. The van der Waals surface area contributed by atoms with E-state index in [1.165, 1.54) is 0 Å². The molecule has 1 fully saturated rings. The zero-order valence-corrected chi connectivity index (χ0v) is 9.76. The Hall–Kier alpha value is -0.650. The highest BCUT2D eigenvalue weighted by molar-refractivity contribution is 5.72. The number of ether oxygens (including phenoxy) is 1. The van der Waals surface area contributed by atoms with Crippen molar-refractivity contribution in [1.82, 2.24) is 4.90 Å². The summed E-state index contributed by atoms with van der Waals surface area (Å²) in [5, 5.41) is 17.7. The molecule has 1 rings (SSSR count). The molecular formula is C11H21NO4. The fraction of sp³-hybridized carbons (Fsp3) is 0.909. The molecule has 1 aliphatic heterocycles. The van der Waals surface area contributed by atoms with E-state index in [0.29, 0.717) is 13.0 Å². The van der Waals surface area contributed by atoms with E-state index in [1.807, 2.05) is 0 Å². The Kier molecular flexibility index (Phi) is 5.73. The molecule has 2 atom stereocenters. The van der Waals surface area contributed by atoms with Crippen LogP contribution in [0.3, 0.4) is 0 Å². The van der Waals surface area contributed by atoms with Gasteiger partial charge in [-0.3, -0.25) is 4.90 Å². The molecule has 0 amide bonds. The monoisotopic (exact) mass is 231 g/mol. The lowest BCUT2D eigenvalue weighted by Crippen LogP contribution is -2.35. The highest BCUT2D eigenvalue weighted by Crippen LogP contribution is 2.20. The third-order valence-electron chi connectivity index (χ3n) is 2.80. The summed E-state index contributed by atoms with van der Waals surface area (Å²) in [5.41, 5.74) is 0. The van der Waals surface area contributed by atoms with Crippen LogP contribution in [0.2, 0.25) is 0 Å². The summed E-state index contributed by atoms with van der Waals surface area (Å²) in [7, 11) is 0. The number of rotatable bonds is 7. The van der Waals surface area contributed by atoms with Gasteiger partial charge in [0.05, 0.1) is 12.7 Å². The van der Waals surface area contributed by atoms with Gasteiger partial charge < -0.3 is 14.9 Å². The molecule has 0 aliphatic carbocycles. The lowest BCUT2D eigenvalue weighted by Gasteiger charge is -2.23. The predicted octanol–water partition coefficient (Wildman–Crippen LogP) is 0.323. The minimum Gasteiger partial charge on any atom is -0.479 e. The smallest absolute Gasteiger partial charge is 0.332 e. The molecule has 5 heteroatoms. The van der Waals surface area contributed by atoms with Gasteiger partial charge in [0.15, 0.2) is 6.10 Å². The first-order valence-corrected chi connectivity index (χ1v) is 5.88. The molecule has 1 saturated heterocycles. The summed E-state index contributed by atoms with van der Waals surface area (Å²) in [6.45, 7) is 4.48. The van der Waals surface area contributed by atoms with Gasteiger partial charge in [-0.1, -0.05) is 6.92 Å². The maximum atomic E-state index is 10.7. The Morgan fingerprint density at radius 1 is 1.44 bits per heavy atom. The third kappa shape index (κ3) is 4.08. The van der Waals surface area contributed by atoms with Crippen molar-refractivity contribution in [3.05, 3.63) is 0 Å². The van der Waals surface area contributed by atoms with Gasteiger partial charge in [0, 0.05) is 13.1 Å².